The maximum Gasteiger partial charge on any atom is 0.241 e. The van der Waals surface area contributed by atoms with Crippen LogP contribution in [0.25, 0.3) is 11.2 Å². The molecule has 1 aliphatic heterocycles. The molecule has 0 aromatic carbocycles. The molecule has 0 bridgehead atoms. The smallest absolute Gasteiger partial charge is 0.241 e. The molecular formula is C10H15N7O4. The van der Waals surface area contributed by atoms with Crippen molar-refractivity contribution in [3.8, 4) is 0 Å². The van der Waals surface area contributed by atoms with Crippen LogP contribution in [-0.4, -0.2) is 59.8 Å². The second-order valence-corrected chi connectivity index (χ2v) is 4.63. The molecule has 3 heterocycles. The summed E-state index contributed by atoms with van der Waals surface area (Å²) in [7, 11) is 0. The van der Waals surface area contributed by atoms with E-state index < -0.39 is 31.1 Å². The van der Waals surface area contributed by atoms with Crippen LogP contribution < -0.4 is 17.0 Å². The topological polar surface area (TPSA) is 178 Å². The van der Waals surface area contributed by atoms with Crippen LogP contribution in [0.3, 0.4) is 0 Å². The number of nitrogens with two attached hydrogens (primary N) is 2. The van der Waals surface area contributed by atoms with E-state index in [9.17, 15) is 10.2 Å². The van der Waals surface area contributed by atoms with Crippen LogP contribution in [0, 0.1) is 0 Å². The van der Waals surface area contributed by atoms with Crippen LogP contribution >= 0.6 is 0 Å². The van der Waals surface area contributed by atoms with Gasteiger partial charge in [0.25, 0.3) is 0 Å². The minimum absolute atomic E-state index is 0.0773. The van der Waals surface area contributed by atoms with Gasteiger partial charge < -0.3 is 25.8 Å². The summed E-state index contributed by atoms with van der Waals surface area (Å²) < 4.78 is 6.82. The molecule has 11 heteroatoms. The number of nitrogens with zero attached hydrogens (tertiary/aromatic N) is 4. The van der Waals surface area contributed by atoms with E-state index in [1.54, 1.807) is 0 Å². The Morgan fingerprint density at radius 2 is 2.10 bits per heavy atom. The Hall–Kier alpha value is -2.05. The van der Waals surface area contributed by atoms with Gasteiger partial charge in [-0.3, -0.25) is 9.99 Å². The maximum atomic E-state index is 10.0. The fourth-order valence-corrected chi connectivity index (χ4v) is 2.30. The SMILES string of the molecule is NNc1nc(N)c2ncn([C@H]3O[C@H](CO)[C@@H](O)[C@@H]3O)c2n1. The van der Waals surface area contributed by atoms with Crippen LogP contribution in [-0.2, 0) is 4.74 Å². The van der Waals surface area contributed by atoms with Crippen molar-refractivity contribution in [2.75, 3.05) is 17.8 Å². The molecule has 4 atom stereocenters. The summed E-state index contributed by atoms with van der Waals surface area (Å²) in [5.41, 5.74) is 8.61. The number of hydrazine groups is 1. The zero-order valence-electron chi connectivity index (χ0n) is 10.8. The molecular weight excluding hydrogens is 282 g/mol. The fraction of sp³-hybridized carbons (Fsp3) is 0.500. The van der Waals surface area contributed by atoms with Gasteiger partial charge in [0.15, 0.2) is 17.7 Å². The summed E-state index contributed by atoms with van der Waals surface area (Å²) in [6.45, 7) is -0.423. The van der Waals surface area contributed by atoms with Gasteiger partial charge in [0, 0.05) is 0 Å². The van der Waals surface area contributed by atoms with Crippen LogP contribution in [0.1, 0.15) is 6.23 Å². The van der Waals surface area contributed by atoms with Gasteiger partial charge in [0.2, 0.25) is 5.95 Å². The minimum Gasteiger partial charge on any atom is -0.394 e. The first-order valence-electron chi connectivity index (χ1n) is 6.16. The molecule has 1 fully saturated rings. The summed E-state index contributed by atoms with van der Waals surface area (Å²) in [6, 6.07) is 0. The highest BCUT2D eigenvalue weighted by molar-refractivity contribution is 5.82. The van der Waals surface area contributed by atoms with E-state index in [1.807, 2.05) is 0 Å². The molecule has 0 spiro atoms. The Morgan fingerprint density at radius 1 is 1.33 bits per heavy atom. The molecule has 21 heavy (non-hydrogen) atoms. The molecule has 0 unspecified atom stereocenters. The van der Waals surface area contributed by atoms with Crippen molar-refractivity contribution in [2.45, 2.75) is 24.5 Å². The Balaban J connectivity index is 2.07. The van der Waals surface area contributed by atoms with E-state index >= 15 is 0 Å². The Kier molecular flexibility index (Phi) is 3.35. The van der Waals surface area contributed by atoms with E-state index in [1.165, 1.54) is 10.9 Å². The second kappa shape index (κ2) is 5.05. The standard InChI is InChI=1S/C10H15N7O4/c11-7-4-8(15-10(14-7)16-12)17(2-13-4)9-6(20)5(19)3(1-18)21-9/h2-3,5-6,9,18-20H,1,12H2,(H3,11,14,15,16)/t3-,5-,6+,9+/m1/s1. The molecule has 1 saturated heterocycles. The number of aliphatic hydroxyl groups is 3. The van der Waals surface area contributed by atoms with Gasteiger partial charge in [0.05, 0.1) is 12.9 Å². The lowest BCUT2D eigenvalue weighted by Gasteiger charge is -2.16. The molecule has 0 radical (unpaired) electrons. The first-order valence-corrected chi connectivity index (χ1v) is 6.16. The van der Waals surface area contributed by atoms with Gasteiger partial charge in [-0.25, -0.2) is 10.8 Å². The van der Waals surface area contributed by atoms with Crippen LogP contribution in [0.4, 0.5) is 11.8 Å². The highest BCUT2D eigenvalue weighted by atomic mass is 16.6. The van der Waals surface area contributed by atoms with E-state index in [-0.39, 0.29) is 17.4 Å². The molecule has 0 aliphatic carbocycles. The average molecular weight is 297 g/mol. The molecule has 2 aromatic rings. The quantitative estimate of drug-likeness (QED) is 0.258. The van der Waals surface area contributed by atoms with Crippen molar-refractivity contribution in [1.29, 1.82) is 0 Å². The number of anilines is 2. The number of hydrogen-bond donors (Lipinski definition) is 6. The van der Waals surface area contributed by atoms with Crippen LogP contribution in [0.5, 0.6) is 0 Å². The lowest BCUT2D eigenvalue weighted by atomic mass is 10.1. The number of ether oxygens (including phenoxy) is 1. The number of nitrogen functional groups attached to an aromatic ring is 2. The first kappa shape index (κ1) is 13.9. The zero-order chi connectivity index (χ0) is 15.1. The number of aromatic nitrogens is 4. The van der Waals surface area contributed by atoms with Crippen molar-refractivity contribution in [3.63, 3.8) is 0 Å². The molecule has 3 rings (SSSR count). The van der Waals surface area contributed by atoms with Gasteiger partial charge in [0.1, 0.15) is 23.8 Å². The van der Waals surface area contributed by atoms with Crippen molar-refractivity contribution in [3.05, 3.63) is 6.33 Å². The third-order valence-corrected chi connectivity index (χ3v) is 3.37. The Labute approximate surface area is 118 Å². The van der Waals surface area contributed by atoms with E-state index in [0.717, 1.165) is 0 Å². The predicted octanol–water partition coefficient (Wildman–Crippen LogP) is -2.69. The van der Waals surface area contributed by atoms with Gasteiger partial charge >= 0.3 is 0 Å². The number of fused-ring (bicyclic) bond motifs is 1. The molecule has 1 aliphatic rings. The van der Waals surface area contributed by atoms with E-state index in [0.29, 0.717) is 5.52 Å². The fourth-order valence-electron chi connectivity index (χ4n) is 2.30. The van der Waals surface area contributed by atoms with Crippen molar-refractivity contribution in [1.82, 2.24) is 19.5 Å². The molecule has 8 N–H and O–H groups in total. The normalized spacial score (nSPS) is 29.1. The highest BCUT2D eigenvalue weighted by Gasteiger charge is 2.44. The Bertz CT molecular complexity index is 662. The number of nitrogens with one attached hydrogen (secondary N) is 1. The van der Waals surface area contributed by atoms with Gasteiger partial charge in [-0.2, -0.15) is 9.97 Å². The number of rotatable bonds is 3. The average Bonchev–Trinajstić information content (AvgIpc) is 3.02. The summed E-state index contributed by atoms with van der Waals surface area (Å²) >= 11 is 0. The summed E-state index contributed by atoms with van der Waals surface area (Å²) in [5.74, 6) is 5.45. The lowest BCUT2D eigenvalue weighted by Crippen LogP contribution is -2.33. The molecule has 114 valence electrons. The largest absolute Gasteiger partial charge is 0.394 e. The maximum absolute atomic E-state index is 10.0. The zero-order valence-corrected chi connectivity index (χ0v) is 10.8. The number of aliphatic hydroxyl groups excluding tert-OH is 3. The minimum atomic E-state index is -1.25. The van der Waals surface area contributed by atoms with Gasteiger partial charge in [-0.1, -0.05) is 0 Å². The summed E-state index contributed by atoms with van der Waals surface area (Å²) in [4.78, 5) is 12.1. The molecule has 0 saturated carbocycles. The molecule has 0 amide bonds. The van der Waals surface area contributed by atoms with E-state index in [2.05, 4.69) is 20.4 Å². The van der Waals surface area contributed by atoms with Crippen LogP contribution in [0.15, 0.2) is 6.33 Å². The number of imidazole rings is 1. The lowest BCUT2D eigenvalue weighted by molar-refractivity contribution is -0.0511. The monoisotopic (exact) mass is 297 g/mol. The number of hydrogen-bond acceptors (Lipinski definition) is 10. The Morgan fingerprint density at radius 3 is 2.71 bits per heavy atom. The third kappa shape index (κ3) is 2.07. The summed E-state index contributed by atoms with van der Waals surface area (Å²) in [5, 5.41) is 28.9. The van der Waals surface area contributed by atoms with E-state index in [4.69, 9.17) is 21.4 Å². The van der Waals surface area contributed by atoms with Gasteiger partial charge in [-0.15, -0.1) is 0 Å². The van der Waals surface area contributed by atoms with Crippen molar-refractivity contribution in [2.24, 2.45) is 5.84 Å². The highest BCUT2D eigenvalue weighted by Crippen LogP contribution is 2.32. The van der Waals surface area contributed by atoms with Gasteiger partial charge in [-0.05, 0) is 0 Å². The van der Waals surface area contributed by atoms with Crippen molar-refractivity contribution >= 4 is 22.9 Å². The summed E-state index contributed by atoms with van der Waals surface area (Å²) in [6.07, 6.45) is -2.96. The second-order valence-electron chi connectivity index (χ2n) is 4.63. The first-order chi connectivity index (χ1) is 10.1. The van der Waals surface area contributed by atoms with Crippen LogP contribution in [0.2, 0.25) is 0 Å². The molecule has 11 nitrogen and oxygen atoms in total. The third-order valence-electron chi connectivity index (χ3n) is 3.37. The predicted molar refractivity (Wildman–Crippen MR) is 70.6 cm³/mol. The van der Waals surface area contributed by atoms with Crippen molar-refractivity contribution < 1.29 is 20.1 Å². The molecule has 2 aromatic heterocycles.